The highest BCUT2D eigenvalue weighted by Gasteiger charge is 2.46. The number of fused-ring (bicyclic) bond motifs is 2. The second kappa shape index (κ2) is 7.31. The maximum absolute atomic E-state index is 14.6. The van der Waals surface area contributed by atoms with Gasteiger partial charge < -0.3 is 10.6 Å². The highest BCUT2D eigenvalue weighted by atomic mass is 19.1. The molecule has 4 aromatic rings. The highest BCUT2D eigenvalue weighted by molar-refractivity contribution is 5.75. The number of hydrogen-bond donors (Lipinski definition) is 1. The first-order chi connectivity index (χ1) is 16.0. The number of anilines is 1. The van der Waals surface area contributed by atoms with Crippen molar-refractivity contribution in [3.63, 3.8) is 0 Å². The molecule has 6 rings (SSSR count). The molecule has 0 saturated carbocycles. The van der Waals surface area contributed by atoms with Crippen LogP contribution in [0.3, 0.4) is 0 Å². The van der Waals surface area contributed by atoms with Crippen LogP contribution in [-0.2, 0) is 6.42 Å². The third-order valence-electron chi connectivity index (χ3n) is 7.38. The molecule has 1 spiro atoms. The predicted molar refractivity (Wildman–Crippen MR) is 122 cm³/mol. The van der Waals surface area contributed by atoms with Crippen molar-refractivity contribution < 1.29 is 8.78 Å². The van der Waals surface area contributed by atoms with E-state index >= 15 is 0 Å². The van der Waals surface area contributed by atoms with Crippen molar-refractivity contribution in [1.82, 2.24) is 19.6 Å². The molecule has 0 bridgehead atoms. The number of piperidine rings is 1. The third-order valence-corrected chi connectivity index (χ3v) is 7.38. The van der Waals surface area contributed by atoms with Gasteiger partial charge in [-0.1, -0.05) is 6.07 Å². The standard InChI is InChI=1S/C25H24F2N6/c1-15-22(17-5-4-16(26)13-19(17)27)33-21(6-10-30-33)24(31-15)32-11-7-25(8-12-32)14-20-18(23(25)28)3-2-9-29-20/h2-6,9-10,13,23H,7-8,11-12,14,28H2,1H3/t23-/m1/s1. The lowest BCUT2D eigenvalue weighted by Gasteiger charge is -2.42. The summed E-state index contributed by atoms with van der Waals surface area (Å²) in [5.74, 6) is -0.416. The minimum Gasteiger partial charge on any atom is -0.355 e. The molecule has 1 aliphatic heterocycles. The van der Waals surface area contributed by atoms with Gasteiger partial charge in [0.25, 0.3) is 0 Å². The van der Waals surface area contributed by atoms with Crippen molar-refractivity contribution in [1.29, 1.82) is 0 Å². The Hall–Kier alpha value is -3.39. The summed E-state index contributed by atoms with van der Waals surface area (Å²) in [6, 6.07) is 9.52. The molecule has 3 aromatic heterocycles. The van der Waals surface area contributed by atoms with Gasteiger partial charge in [-0.25, -0.2) is 18.3 Å². The van der Waals surface area contributed by atoms with Gasteiger partial charge in [-0.15, -0.1) is 0 Å². The number of hydrogen-bond acceptors (Lipinski definition) is 5. The van der Waals surface area contributed by atoms with E-state index in [1.807, 2.05) is 25.3 Å². The first-order valence-corrected chi connectivity index (χ1v) is 11.2. The van der Waals surface area contributed by atoms with Gasteiger partial charge in [0.2, 0.25) is 0 Å². The van der Waals surface area contributed by atoms with E-state index < -0.39 is 11.6 Å². The summed E-state index contributed by atoms with van der Waals surface area (Å²) in [5, 5.41) is 4.45. The van der Waals surface area contributed by atoms with Gasteiger partial charge in [0.1, 0.15) is 17.2 Å². The highest BCUT2D eigenvalue weighted by Crippen LogP contribution is 2.50. The van der Waals surface area contributed by atoms with Crippen LogP contribution in [0.1, 0.15) is 35.8 Å². The number of aromatic nitrogens is 4. The number of aryl methyl sites for hydroxylation is 1. The molecule has 33 heavy (non-hydrogen) atoms. The van der Waals surface area contributed by atoms with E-state index in [1.165, 1.54) is 17.7 Å². The second-order valence-corrected chi connectivity index (χ2v) is 9.17. The molecule has 0 unspecified atom stereocenters. The first kappa shape index (κ1) is 20.2. The monoisotopic (exact) mass is 446 g/mol. The van der Waals surface area contributed by atoms with E-state index in [9.17, 15) is 8.78 Å². The number of halogens is 2. The summed E-state index contributed by atoms with van der Waals surface area (Å²) in [5.41, 5.74) is 11.3. The number of pyridine rings is 1. The van der Waals surface area contributed by atoms with Crippen LogP contribution in [-0.4, -0.2) is 32.7 Å². The molecular weight excluding hydrogens is 422 g/mol. The Bertz CT molecular complexity index is 1370. The lowest BCUT2D eigenvalue weighted by atomic mass is 9.73. The average Bonchev–Trinajstić information content (AvgIpc) is 3.39. The Morgan fingerprint density at radius 2 is 1.91 bits per heavy atom. The van der Waals surface area contributed by atoms with Crippen LogP contribution in [0.25, 0.3) is 16.8 Å². The molecule has 1 fully saturated rings. The Balaban J connectivity index is 1.34. The van der Waals surface area contributed by atoms with Crippen LogP contribution in [0.4, 0.5) is 14.6 Å². The Kier molecular flexibility index (Phi) is 4.48. The van der Waals surface area contributed by atoms with Crippen LogP contribution in [0.2, 0.25) is 0 Å². The van der Waals surface area contributed by atoms with Crippen molar-refractivity contribution in [2.75, 3.05) is 18.0 Å². The molecule has 6 nitrogen and oxygen atoms in total. The number of benzene rings is 1. The summed E-state index contributed by atoms with van der Waals surface area (Å²) in [6.07, 6.45) is 6.33. The fourth-order valence-corrected chi connectivity index (χ4v) is 5.60. The Morgan fingerprint density at radius 3 is 2.67 bits per heavy atom. The molecule has 168 valence electrons. The smallest absolute Gasteiger partial charge is 0.155 e. The molecule has 2 N–H and O–H groups in total. The molecule has 2 aliphatic rings. The topological polar surface area (TPSA) is 72.3 Å². The molecule has 8 heteroatoms. The summed E-state index contributed by atoms with van der Waals surface area (Å²) in [4.78, 5) is 11.7. The SMILES string of the molecule is Cc1nc(N2CCC3(CC2)Cc2ncccc2[C@H]3N)c2ccnn2c1-c1ccc(F)cc1F. The summed E-state index contributed by atoms with van der Waals surface area (Å²) >= 11 is 0. The fourth-order valence-electron chi connectivity index (χ4n) is 5.60. The molecule has 1 aliphatic carbocycles. The van der Waals surface area contributed by atoms with Crippen molar-refractivity contribution >= 4 is 11.3 Å². The van der Waals surface area contributed by atoms with E-state index in [4.69, 9.17) is 10.7 Å². The van der Waals surface area contributed by atoms with E-state index in [1.54, 1.807) is 10.7 Å². The number of nitrogens with two attached hydrogens (primary N) is 1. The fraction of sp³-hybridized carbons (Fsp3) is 0.320. The molecule has 0 amide bonds. The predicted octanol–water partition coefficient (Wildman–Crippen LogP) is 4.22. The van der Waals surface area contributed by atoms with Crippen LogP contribution >= 0.6 is 0 Å². The van der Waals surface area contributed by atoms with E-state index in [0.717, 1.165) is 55.4 Å². The maximum Gasteiger partial charge on any atom is 0.155 e. The van der Waals surface area contributed by atoms with E-state index in [2.05, 4.69) is 21.0 Å². The third kappa shape index (κ3) is 3.04. The van der Waals surface area contributed by atoms with Crippen LogP contribution < -0.4 is 10.6 Å². The molecule has 1 saturated heterocycles. The molecule has 4 heterocycles. The van der Waals surface area contributed by atoms with Gasteiger partial charge in [-0.3, -0.25) is 4.98 Å². The summed E-state index contributed by atoms with van der Waals surface area (Å²) in [6.45, 7) is 3.47. The minimum atomic E-state index is -0.632. The lowest BCUT2D eigenvalue weighted by Crippen LogP contribution is -2.44. The minimum absolute atomic E-state index is 0.00291. The van der Waals surface area contributed by atoms with Gasteiger partial charge in [0.15, 0.2) is 5.82 Å². The van der Waals surface area contributed by atoms with Gasteiger partial charge in [-0.05, 0) is 61.4 Å². The molecule has 1 aromatic carbocycles. The summed E-state index contributed by atoms with van der Waals surface area (Å²) < 4.78 is 29.8. The second-order valence-electron chi connectivity index (χ2n) is 9.17. The lowest BCUT2D eigenvalue weighted by molar-refractivity contribution is 0.187. The van der Waals surface area contributed by atoms with Crippen LogP contribution in [0.15, 0.2) is 48.8 Å². The van der Waals surface area contributed by atoms with Crippen molar-refractivity contribution in [3.8, 4) is 11.3 Å². The number of rotatable bonds is 2. The van der Waals surface area contributed by atoms with E-state index in [0.29, 0.717) is 11.4 Å². The summed E-state index contributed by atoms with van der Waals surface area (Å²) in [7, 11) is 0. The first-order valence-electron chi connectivity index (χ1n) is 11.2. The largest absolute Gasteiger partial charge is 0.355 e. The quantitative estimate of drug-likeness (QED) is 0.499. The Morgan fingerprint density at radius 1 is 1.09 bits per heavy atom. The Labute approximate surface area is 190 Å². The maximum atomic E-state index is 14.6. The van der Waals surface area contributed by atoms with Gasteiger partial charge >= 0.3 is 0 Å². The number of nitrogens with zero attached hydrogens (tertiary/aromatic N) is 5. The van der Waals surface area contributed by atoms with Crippen LogP contribution in [0.5, 0.6) is 0 Å². The van der Waals surface area contributed by atoms with Gasteiger partial charge in [0, 0.05) is 42.7 Å². The van der Waals surface area contributed by atoms with Crippen LogP contribution in [0, 0.1) is 24.0 Å². The zero-order valence-corrected chi connectivity index (χ0v) is 18.3. The zero-order chi connectivity index (χ0) is 22.7. The van der Waals surface area contributed by atoms with Gasteiger partial charge in [-0.2, -0.15) is 5.10 Å². The van der Waals surface area contributed by atoms with Gasteiger partial charge in [0.05, 0.1) is 17.6 Å². The molecule has 1 atom stereocenters. The van der Waals surface area contributed by atoms with Crippen molar-refractivity contribution in [3.05, 3.63) is 77.4 Å². The normalized spacial score (nSPS) is 19.4. The van der Waals surface area contributed by atoms with Crippen molar-refractivity contribution in [2.24, 2.45) is 11.1 Å². The van der Waals surface area contributed by atoms with Crippen molar-refractivity contribution in [2.45, 2.75) is 32.2 Å². The molecule has 0 radical (unpaired) electrons. The average molecular weight is 447 g/mol. The van der Waals surface area contributed by atoms with E-state index in [-0.39, 0.29) is 17.0 Å². The zero-order valence-electron chi connectivity index (χ0n) is 18.3. The molecular formula is C25H24F2N6.